The van der Waals surface area contributed by atoms with E-state index in [2.05, 4.69) is 15.8 Å². The van der Waals surface area contributed by atoms with Crippen molar-refractivity contribution < 1.29 is 19.1 Å². The van der Waals surface area contributed by atoms with Crippen molar-refractivity contribution in [3.05, 3.63) is 86.9 Å². The number of anilines is 1. The summed E-state index contributed by atoms with van der Waals surface area (Å²) < 4.78 is 11.5. The summed E-state index contributed by atoms with van der Waals surface area (Å²) in [6.45, 7) is 2.67. The van der Waals surface area contributed by atoms with Gasteiger partial charge < -0.3 is 14.8 Å². The zero-order valence-electron chi connectivity index (χ0n) is 18.7. The number of nitrogens with one attached hydrogen (secondary N) is 2. The minimum Gasteiger partial charge on any atom is -0.490 e. The molecule has 0 heterocycles. The summed E-state index contributed by atoms with van der Waals surface area (Å²) in [5.41, 5.74) is 4.40. The van der Waals surface area contributed by atoms with Crippen molar-refractivity contribution in [1.82, 2.24) is 5.43 Å². The summed E-state index contributed by atoms with van der Waals surface area (Å²) in [6, 6.07) is 17.3. The molecule has 2 N–H and O–H groups in total. The molecule has 0 spiro atoms. The van der Waals surface area contributed by atoms with Crippen LogP contribution in [0.1, 0.15) is 24.5 Å². The second kappa shape index (κ2) is 13.0. The molecular formula is C25H22Cl3N3O4. The summed E-state index contributed by atoms with van der Waals surface area (Å²) in [5.74, 6) is 0.0170. The fraction of sp³-hybridized carbons (Fsp3) is 0.160. The minimum absolute atomic E-state index is 0.298. The number of hydrogen-bond acceptors (Lipinski definition) is 5. The molecule has 0 unspecified atom stereocenters. The van der Waals surface area contributed by atoms with E-state index in [-0.39, 0.29) is 0 Å². The average molecular weight is 535 g/mol. The molecule has 3 rings (SSSR count). The third-order valence-electron chi connectivity index (χ3n) is 4.50. The second-order valence-electron chi connectivity index (χ2n) is 7.20. The lowest BCUT2D eigenvalue weighted by Gasteiger charge is -2.12. The minimum atomic E-state index is -0.577. The molecule has 10 heteroatoms. The van der Waals surface area contributed by atoms with Crippen LogP contribution in [0.4, 0.5) is 5.69 Å². The molecular weight excluding hydrogens is 513 g/mol. The van der Waals surface area contributed by atoms with Crippen LogP contribution in [0.2, 0.25) is 15.1 Å². The van der Waals surface area contributed by atoms with Crippen LogP contribution in [-0.4, -0.2) is 24.6 Å². The lowest BCUT2D eigenvalue weighted by Crippen LogP contribution is -2.24. The maximum atomic E-state index is 12.1. The quantitative estimate of drug-likeness (QED) is 0.187. The van der Waals surface area contributed by atoms with E-state index in [0.717, 1.165) is 5.56 Å². The highest BCUT2D eigenvalue weighted by molar-refractivity contribution is 6.42. The predicted octanol–water partition coefficient (Wildman–Crippen LogP) is 6.10. The SMILES string of the molecule is CCOc1cc(C=NNC(=O)CC(=O)Nc2ccc(Cl)c(Cl)c2)ccc1OCc1ccc(Cl)cc1. The van der Waals surface area contributed by atoms with Crippen molar-refractivity contribution in [3.8, 4) is 11.5 Å². The molecule has 0 aromatic heterocycles. The van der Waals surface area contributed by atoms with Gasteiger partial charge in [-0.3, -0.25) is 9.59 Å². The molecule has 0 saturated heterocycles. The van der Waals surface area contributed by atoms with Crippen LogP contribution in [0.25, 0.3) is 0 Å². The maximum Gasteiger partial charge on any atom is 0.249 e. The van der Waals surface area contributed by atoms with Gasteiger partial charge in [-0.15, -0.1) is 0 Å². The number of benzene rings is 3. The first kappa shape index (κ1) is 26.3. The summed E-state index contributed by atoms with van der Waals surface area (Å²) in [5, 5.41) is 7.80. The Labute approximate surface area is 218 Å². The van der Waals surface area contributed by atoms with Gasteiger partial charge in [0.15, 0.2) is 11.5 Å². The highest BCUT2D eigenvalue weighted by atomic mass is 35.5. The first-order chi connectivity index (χ1) is 16.8. The topological polar surface area (TPSA) is 89.0 Å². The number of ether oxygens (including phenoxy) is 2. The molecule has 0 aliphatic rings. The number of nitrogens with zero attached hydrogens (tertiary/aromatic N) is 1. The van der Waals surface area contributed by atoms with Gasteiger partial charge in [0.25, 0.3) is 0 Å². The van der Waals surface area contributed by atoms with Gasteiger partial charge >= 0.3 is 0 Å². The van der Waals surface area contributed by atoms with Crippen LogP contribution in [-0.2, 0) is 16.2 Å². The van der Waals surface area contributed by atoms with Crippen molar-refractivity contribution in [2.45, 2.75) is 20.0 Å². The number of carbonyl (C=O) groups is 2. The normalized spacial score (nSPS) is 10.7. The van der Waals surface area contributed by atoms with Gasteiger partial charge in [-0.05, 0) is 66.6 Å². The van der Waals surface area contributed by atoms with Gasteiger partial charge in [-0.1, -0.05) is 46.9 Å². The number of hydrogen-bond donors (Lipinski definition) is 2. The molecule has 0 aliphatic carbocycles. The van der Waals surface area contributed by atoms with Gasteiger partial charge in [0.2, 0.25) is 11.8 Å². The first-order valence-corrected chi connectivity index (χ1v) is 11.7. The maximum absolute atomic E-state index is 12.1. The Morgan fingerprint density at radius 1 is 0.886 bits per heavy atom. The summed E-state index contributed by atoms with van der Waals surface area (Å²) in [6.07, 6.45) is 1.03. The number of amides is 2. The highest BCUT2D eigenvalue weighted by Gasteiger charge is 2.10. The van der Waals surface area contributed by atoms with E-state index in [1.165, 1.54) is 12.3 Å². The number of carbonyl (C=O) groups excluding carboxylic acids is 2. The van der Waals surface area contributed by atoms with Crippen molar-refractivity contribution in [2.24, 2.45) is 5.10 Å². The fourth-order valence-corrected chi connectivity index (χ4v) is 3.30. The van der Waals surface area contributed by atoms with E-state index in [0.29, 0.717) is 51.0 Å². The fourth-order valence-electron chi connectivity index (χ4n) is 2.88. The van der Waals surface area contributed by atoms with Crippen molar-refractivity contribution >= 4 is 58.5 Å². The van der Waals surface area contributed by atoms with Gasteiger partial charge in [-0.2, -0.15) is 5.10 Å². The Morgan fingerprint density at radius 3 is 2.37 bits per heavy atom. The average Bonchev–Trinajstić information content (AvgIpc) is 2.82. The molecule has 0 aliphatic heterocycles. The Hall–Kier alpha value is -3.26. The van der Waals surface area contributed by atoms with E-state index >= 15 is 0 Å². The Bertz CT molecular complexity index is 1220. The predicted molar refractivity (Wildman–Crippen MR) is 139 cm³/mol. The first-order valence-electron chi connectivity index (χ1n) is 10.5. The Balaban J connectivity index is 1.53. The molecule has 0 radical (unpaired) electrons. The van der Waals surface area contributed by atoms with Crippen LogP contribution >= 0.6 is 34.8 Å². The highest BCUT2D eigenvalue weighted by Crippen LogP contribution is 2.29. The van der Waals surface area contributed by atoms with Gasteiger partial charge in [-0.25, -0.2) is 5.43 Å². The van der Waals surface area contributed by atoms with Crippen LogP contribution in [0.15, 0.2) is 65.8 Å². The molecule has 3 aromatic rings. The van der Waals surface area contributed by atoms with E-state index < -0.39 is 18.2 Å². The Morgan fingerprint density at radius 2 is 1.66 bits per heavy atom. The van der Waals surface area contributed by atoms with E-state index in [1.54, 1.807) is 42.5 Å². The van der Waals surface area contributed by atoms with E-state index in [9.17, 15) is 9.59 Å². The van der Waals surface area contributed by atoms with Crippen LogP contribution < -0.4 is 20.2 Å². The summed E-state index contributed by atoms with van der Waals surface area (Å²) in [4.78, 5) is 24.1. The largest absolute Gasteiger partial charge is 0.490 e. The third-order valence-corrected chi connectivity index (χ3v) is 5.49. The molecule has 0 saturated carbocycles. The molecule has 0 fully saturated rings. The zero-order chi connectivity index (χ0) is 25.2. The zero-order valence-corrected chi connectivity index (χ0v) is 21.0. The lowest BCUT2D eigenvalue weighted by molar-refractivity contribution is -0.126. The standard InChI is InChI=1S/C25H22Cl3N3O4/c1-2-34-23-11-17(5-10-22(23)35-15-16-3-6-18(26)7-4-16)14-29-31-25(33)13-24(32)30-19-8-9-20(27)21(28)12-19/h3-12,14H,2,13,15H2,1H3,(H,30,32)(H,31,33). The third kappa shape index (κ3) is 8.47. The Kier molecular flexibility index (Phi) is 9.78. The van der Waals surface area contributed by atoms with Crippen LogP contribution in [0, 0.1) is 0 Å². The summed E-state index contributed by atoms with van der Waals surface area (Å²) in [7, 11) is 0. The van der Waals surface area contributed by atoms with Crippen LogP contribution in [0.3, 0.4) is 0 Å². The monoisotopic (exact) mass is 533 g/mol. The number of halogens is 3. The summed E-state index contributed by atoms with van der Waals surface area (Å²) >= 11 is 17.7. The molecule has 182 valence electrons. The molecule has 0 bridgehead atoms. The smallest absolute Gasteiger partial charge is 0.249 e. The molecule has 35 heavy (non-hydrogen) atoms. The van der Waals surface area contributed by atoms with Crippen LogP contribution in [0.5, 0.6) is 11.5 Å². The van der Waals surface area contributed by atoms with Gasteiger partial charge in [0, 0.05) is 10.7 Å². The van der Waals surface area contributed by atoms with Crippen molar-refractivity contribution in [2.75, 3.05) is 11.9 Å². The van der Waals surface area contributed by atoms with E-state index in [4.69, 9.17) is 44.3 Å². The molecule has 0 atom stereocenters. The second-order valence-corrected chi connectivity index (χ2v) is 8.45. The van der Waals surface area contributed by atoms with Crippen molar-refractivity contribution in [3.63, 3.8) is 0 Å². The number of hydrazone groups is 1. The van der Waals surface area contributed by atoms with Gasteiger partial charge in [0.1, 0.15) is 13.0 Å². The molecule has 3 aromatic carbocycles. The molecule has 2 amide bonds. The van der Waals surface area contributed by atoms with E-state index in [1.807, 2.05) is 19.1 Å². The lowest BCUT2D eigenvalue weighted by atomic mass is 10.2. The number of rotatable bonds is 10. The van der Waals surface area contributed by atoms with Gasteiger partial charge in [0.05, 0.1) is 22.9 Å². The molecule has 7 nitrogen and oxygen atoms in total. The van der Waals surface area contributed by atoms with Crippen molar-refractivity contribution in [1.29, 1.82) is 0 Å².